The summed E-state index contributed by atoms with van der Waals surface area (Å²) in [6, 6.07) is 7.60. The fraction of sp³-hybridized carbons (Fsp3) is 0.278. The Morgan fingerprint density at radius 3 is 2.18 bits per heavy atom. The number of carboxylic acid groups (broad SMARTS) is 1. The van der Waals surface area contributed by atoms with Gasteiger partial charge in [-0.2, -0.15) is 13.2 Å². The first-order valence-corrected chi connectivity index (χ1v) is 9.96. The Morgan fingerprint density at radius 2 is 1.71 bits per heavy atom. The summed E-state index contributed by atoms with van der Waals surface area (Å²) >= 11 is 5.77. The number of carboxylic acids is 1. The molecular weight excluding hydrogens is 421 g/mol. The summed E-state index contributed by atoms with van der Waals surface area (Å²) in [7, 11) is -3.90. The van der Waals surface area contributed by atoms with Crippen molar-refractivity contribution in [2.24, 2.45) is 0 Å². The van der Waals surface area contributed by atoms with Crippen LogP contribution >= 0.6 is 11.6 Å². The molecular formula is C18H16ClF3O5S. The summed E-state index contributed by atoms with van der Waals surface area (Å²) in [4.78, 5) is 11.3. The lowest BCUT2D eigenvalue weighted by Gasteiger charge is -2.28. The highest BCUT2D eigenvalue weighted by Gasteiger charge is 2.42. The molecule has 0 aromatic heterocycles. The van der Waals surface area contributed by atoms with Gasteiger partial charge >= 0.3 is 12.1 Å². The average Bonchev–Trinajstić information content (AvgIpc) is 2.61. The van der Waals surface area contributed by atoms with Crippen LogP contribution in [0.5, 0.6) is 5.75 Å². The molecule has 0 bridgehead atoms. The Balaban J connectivity index is 2.62. The second-order valence-corrected chi connectivity index (χ2v) is 8.72. The molecule has 0 aliphatic carbocycles. The number of alkyl halides is 3. The van der Waals surface area contributed by atoms with Gasteiger partial charge in [-0.1, -0.05) is 30.7 Å². The van der Waals surface area contributed by atoms with Crippen LogP contribution in [0, 0.1) is 0 Å². The highest BCUT2D eigenvalue weighted by atomic mass is 35.5. The SMILES string of the molecule is CCS(=O)(=O)c1ccc(OC(C)(C(=O)O)c2ccc(Cl)cc2)c(C(F)(F)F)c1. The Hall–Kier alpha value is -2.26. The molecule has 2 rings (SSSR count). The maximum atomic E-state index is 13.5. The highest BCUT2D eigenvalue weighted by molar-refractivity contribution is 7.91. The maximum Gasteiger partial charge on any atom is 0.420 e. The standard InChI is InChI=1S/C18H16ClF3O5S/c1-3-28(25,26)13-8-9-15(14(10-13)18(20,21)22)27-17(2,16(23)24)11-4-6-12(19)7-5-11/h4-10H,3H2,1-2H3,(H,23,24). The molecule has 0 saturated carbocycles. The molecule has 0 amide bonds. The molecule has 1 atom stereocenters. The first-order valence-electron chi connectivity index (χ1n) is 7.93. The lowest BCUT2D eigenvalue weighted by Crippen LogP contribution is -2.39. The minimum atomic E-state index is -4.96. The third kappa shape index (κ3) is 4.41. The lowest BCUT2D eigenvalue weighted by atomic mass is 9.95. The molecule has 0 aliphatic rings. The molecule has 0 saturated heterocycles. The number of hydrogen-bond acceptors (Lipinski definition) is 4. The van der Waals surface area contributed by atoms with E-state index in [1.807, 2.05) is 0 Å². The van der Waals surface area contributed by atoms with Crippen LogP contribution in [-0.2, 0) is 26.4 Å². The minimum absolute atomic E-state index is 0.0581. The molecule has 1 unspecified atom stereocenters. The van der Waals surface area contributed by atoms with E-state index >= 15 is 0 Å². The van der Waals surface area contributed by atoms with Crippen molar-refractivity contribution >= 4 is 27.4 Å². The Bertz CT molecular complexity index is 987. The molecule has 152 valence electrons. The van der Waals surface area contributed by atoms with Gasteiger partial charge in [0.25, 0.3) is 0 Å². The van der Waals surface area contributed by atoms with Gasteiger partial charge in [0, 0.05) is 10.6 Å². The second-order valence-electron chi connectivity index (χ2n) is 6.01. The maximum absolute atomic E-state index is 13.5. The first kappa shape index (κ1) is 22.0. The summed E-state index contributed by atoms with van der Waals surface area (Å²) in [5.41, 5.74) is -3.50. The molecule has 0 fully saturated rings. The molecule has 2 aromatic carbocycles. The predicted octanol–water partition coefficient (Wildman–Crippen LogP) is 4.53. The molecule has 10 heteroatoms. The van der Waals surface area contributed by atoms with Gasteiger partial charge in [-0.25, -0.2) is 13.2 Å². The van der Waals surface area contributed by atoms with Crippen LogP contribution in [0.3, 0.4) is 0 Å². The van der Waals surface area contributed by atoms with E-state index in [2.05, 4.69) is 0 Å². The van der Waals surface area contributed by atoms with Gasteiger partial charge in [-0.05, 0) is 37.3 Å². The quantitative estimate of drug-likeness (QED) is 0.719. The Kier molecular flexibility index (Phi) is 6.01. The second kappa shape index (κ2) is 7.63. The van der Waals surface area contributed by atoms with Crippen molar-refractivity contribution in [3.05, 3.63) is 58.6 Å². The molecule has 0 heterocycles. The van der Waals surface area contributed by atoms with Gasteiger partial charge in [-0.15, -0.1) is 0 Å². The van der Waals surface area contributed by atoms with Crippen LogP contribution in [0.4, 0.5) is 13.2 Å². The van der Waals surface area contributed by atoms with Crippen molar-refractivity contribution < 1.29 is 36.2 Å². The number of aliphatic carboxylic acids is 1. The Labute approximate surface area is 164 Å². The largest absolute Gasteiger partial charge is 0.478 e. The van der Waals surface area contributed by atoms with E-state index in [1.165, 1.54) is 31.2 Å². The van der Waals surface area contributed by atoms with E-state index in [0.29, 0.717) is 11.1 Å². The summed E-state index contributed by atoms with van der Waals surface area (Å²) in [5, 5.41) is 9.90. The molecule has 2 aromatic rings. The number of benzene rings is 2. The zero-order valence-electron chi connectivity index (χ0n) is 14.7. The van der Waals surface area contributed by atoms with E-state index in [9.17, 15) is 31.5 Å². The van der Waals surface area contributed by atoms with Gasteiger partial charge in [0.15, 0.2) is 9.84 Å². The van der Waals surface area contributed by atoms with Gasteiger partial charge in [0.05, 0.1) is 16.2 Å². The summed E-state index contributed by atoms with van der Waals surface area (Å²) in [5.74, 6) is -2.72. The predicted molar refractivity (Wildman–Crippen MR) is 96.2 cm³/mol. The third-order valence-electron chi connectivity index (χ3n) is 4.11. The van der Waals surface area contributed by atoms with Crippen molar-refractivity contribution in [1.82, 2.24) is 0 Å². The van der Waals surface area contributed by atoms with Gasteiger partial charge in [-0.3, -0.25) is 0 Å². The molecule has 0 radical (unpaired) electrons. The summed E-state index contributed by atoms with van der Waals surface area (Å²) in [6.45, 7) is 2.39. The van der Waals surface area contributed by atoms with Crippen LogP contribution in [0.25, 0.3) is 0 Å². The number of sulfone groups is 1. The third-order valence-corrected chi connectivity index (χ3v) is 6.10. The average molecular weight is 437 g/mol. The van der Waals surface area contributed by atoms with E-state index in [0.717, 1.165) is 19.1 Å². The lowest BCUT2D eigenvalue weighted by molar-refractivity contribution is -0.157. The normalized spacial score (nSPS) is 14.4. The zero-order chi connectivity index (χ0) is 21.3. The van der Waals surface area contributed by atoms with Crippen molar-refractivity contribution in [3.8, 4) is 5.75 Å². The number of carbonyl (C=O) groups is 1. The fourth-order valence-corrected chi connectivity index (χ4v) is 3.43. The van der Waals surface area contributed by atoms with Gasteiger partial charge in [0.1, 0.15) is 5.75 Å². The van der Waals surface area contributed by atoms with Crippen molar-refractivity contribution in [2.75, 3.05) is 5.75 Å². The molecule has 0 spiro atoms. The van der Waals surface area contributed by atoms with E-state index in [1.54, 1.807) is 0 Å². The zero-order valence-corrected chi connectivity index (χ0v) is 16.3. The molecule has 0 aliphatic heterocycles. The van der Waals surface area contributed by atoms with Crippen LogP contribution < -0.4 is 4.74 Å². The molecule has 1 N–H and O–H groups in total. The smallest absolute Gasteiger partial charge is 0.420 e. The number of ether oxygens (including phenoxy) is 1. The van der Waals surface area contributed by atoms with Crippen LogP contribution in [-0.4, -0.2) is 25.2 Å². The van der Waals surface area contributed by atoms with Crippen molar-refractivity contribution in [2.45, 2.75) is 30.5 Å². The molecule has 28 heavy (non-hydrogen) atoms. The fourth-order valence-electron chi connectivity index (χ4n) is 2.39. The monoisotopic (exact) mass is 436 g/mol. The topological polar surface area (TPSA) is 80.7 Å². The summed E-state index contributed by atoms with van der Waals surface area (Å²) in [6.07, 6.45) is -4.96. The van der Waals surface area contributed by atoms with E-state index < -0.39 is 43.8 Å². The van der Waals surface area contributed by atoms with E-state index in [-0.39, 0.29) is 11.3 Å². The van der Waals surface area contributed by atoms with Gasteiger partial charge < -0.3 is 9.84 Å². The minimum Gasteiger partial charge on any atom is -0.478 e. The van der Waals surface area contributed by atoms with Crippen LogP contribution in [0.2, 0.25) is 5.02 Å². The van der Waals surface area contributed by atoms with Gasteiger partial charge in [0.2, 0.25) is 5.60 Å². The number of hydrogen-bond donors (Lipinski definition) is 1. The molecule has 5 nitrogen and oxygen atoms in total. The van der Waals surface area contributed by atoms with Crippen molar-refractivity contribution in [3.63, 3.8) is 0 Å². The van der Waals surface area contributed by atoms with E-state index in [4.69, 9.17) is 16.3 Å². The van der Waals surface area contributed by atoms with Crippen molar-refractivity contribution in [1.29, 1.82) is 0 Å². The summed E-state index contributed by atoms with van der Waals surface area (Å²) < 4.78 is 69.7. The van der Waals surface area contributed by atoms with Crippen LogP contribution in [0.1, 0.15) is 25.0 Å². The number of halogens is 4. The Morgan fingerprint density at radius 1 is 1.14 bits per heavy atom. The first-order chi connectivity index (χ1) is 12.8. The number of rotatable bonds is 6. The highest BCUT2D eigenvalue weighted by Crippen LogP contribution is 2.41. The van der Waals surface area contributed by atoms with Crippen LogP contribution in [0.15, 0.2) is 47.4 Å².